The Labute approximate surface area is 121 Å². The molecule has 1 aliphatic rings. The van der Waals surface area contributed by atoms with Crippen molar-refractivity contribution < 1.29 is 4.74 Å². The first kappa shape index (κ1) is 12.2. The van der Waals surface area contributed by atoms with E-state index in [0.717, 1.165) is 18.9 Å². The number of aromatic nitrogens is 5. The number of hydrogen-bond acceptors (Lipinski definition) is 6. The Bertz CT molecular complexity index is 743. The summed E-state index contributed by atoms with van der Waals surface area (Å²) in [6, 6.07) is 14.1. The van der Waals surface area contributed by atoms with E-state index in [-0.39, 0.29) is 6.10 Å². The zero-order chi connectivity index (χ0) is 14.1. The second kappa shape index (κ2) is 5.10. The van der Waals surface area contributed by atoms with Gasteiger partial charge in [-0.3, -0.25) is 0 Å². The van der Waals surface area contributed by atoms with Crippen LogP contribution in [0.15, 0.2) is 42.5 Å². The van der Waals surface area contributed by atoms with Gasteiger partial charge in [-0.25, -0.2) is 0 Å². The van der Waals surface area contributed by atoms with Gasteiger partial charge in [0.05, 0.1) is 6.61 Å². The lowest BCUT2D eigenvalue weighted by Crippen LogP contribution is -2.39. The Morgan fingerprint density at radius 1 is 1.10 bits per heavy atom. The first-order valence-electron chi connectivity index (χ1n) is 6.87. The third-order valence-corrected chi connectivity index (χ3v) is 3.62. The van der Waals surface area contributed by atoms with Gasteiger partial charge in [0.15, 0.2) is 11.5 Å². The number of morpholine rings is 1. The summed E-state index contributed by atoms with van der Waals surface area (Å²) in [4.78, 5) is 2.20. The van der Waals surface area contributed by atoms with E-state index in [4.69, 9.17) is 4.74 Å². The molecule has 0 unspecified atom stereocenters. The van der Waals surface area contributed by atoms with Crippen molar-refractivity contribution in [2.45, 2.75) is 6.10 Å². The minimum absolute atomic E-state index is 0.0614. The van der Waals surface area contributed by atoms with Gasteiger partial charge in [0.1, 0.15) is 6.10 Å². The molecule has 1 aromatic carbocycles. The molecular weight excluding hydrogens is 268 g/mol. The van der Waals surface area contributed by atoms with Gasteiger partial charge < -0.3 is 9.64 Å². The van der Waals surface area contributed by atoms with Gasteiger partial charge >= 0.3 is 0 Å². The predicted octanol–water partition coefficient (Wildman–Crippen LogP) is 1.10. The fraction of sp³-hybridized carbons (Fsp3) is 0.286. The maximum atomic E-state index is 5.87. The Hall–Kier alpha value is -2.54. The standard InChI is InChI=1S/C14H14N6O/c1-2-4-11(5-3-1)12-10-19(8-9-21-12)14-7-6-13-15-17-18-20(13)16-14/h1-7,12H,8-10H2/t12-/m0/s1. The topological polar surface area (TPSA) is 68.4 Å². The highest BCUT2D eigenvalue weighted by Gasteiger charge is 2.23. The number of tetrazole rings is 1. The number of hydrogen-bond donors (Lipinski definition) is 0. The summed E-state index contributed by atoms with van der Waals surface area (Å²) in [5.41, 5.74) is 1.83. The molecule has 0 N–H and O–H groups in total. The highest BCUT2D eigenvalue weighted by Crippen LogP contribution is 2.24. The fourth-order valence-corrected chi connectivity index (χ4v) is 2.54. The molecule has 1 aliphatic heterocycles. The van der Waals surface area contributed by atoms with Crippen molar-refractivity contribution in [3.8, 4) is 0 Å². The molecule has 7 heteroatoms. The van der Waals surface area contributed by atoms with E-state index >= 15 is 0 Å². The quantitative estimate of drug-likeness (QED) is 0.701. The zero-order valence-electron chi connectivity index (χ0n) is 11.3. The molecule has 0 bridgehead atoms. The van der Waals surface area contributed by atoms with E-state index in [1.165, 1.54) is 10.2 Å². The van der Waals surface area contributed by atoms with Gasteiger partial charge in [-0.05, 0) is 28.1 Å². The molecule has 4 rings (SSSR count). The molecule has 21 heavy (non-hydrogen) atoms. The van der Waals surface area contributed by atoms with Crippen molar-refractivity contribution in [2.24, 2.45) is 0 Å². The summed E-state index contributed by atoms with van der Waals surface area (Å²) in [5.74, 6) is 0.860. The van der Waals surface area contributed by atoms with E-state index in [1.54, 1.807) is 0 Å². The van der Waals surface area contributed by atoms with E-state index in [2.05, 4.69) is 37.7 Å². The third kappa shape index (κ3) is 2.31. The minimum atomic E-state index is 0.0614. The Kier molecular flexibility index (Phi) is 2.97. The van der Waals surface area contributed by atoms with E-state index in [1.807, 2.05) is 30.3 Å². The van der Waals surface area contributed by atoms with Crippen molar-refractivity contribution in [1.82, 2.24) is 25.3 Å². The van der Waals surface area contributed by atoms with Crippen LogP contribution in [0.4, 0.5) is 5.82 Å². The molecule has 3 heterocycles. The van der Waals surface area contributed by atoms with Crippen LogP contribution in [-0.4, -0.2) is 45.0 Å². The number of anilines is 1. The van der Waals surface area contributed by atoms with Crippen molar-refractivity contribution in [3.63, 3.8) is 0 Å². The monoisotopic (exact) mass is 282 g/mol. The molecule has 2 aromatic heterocycles. The highest BCUT2D eigenvalue weighted by molar-refractivity contribution is 5.45. The summed E-state index contributed by atoms with van der Waals surface area (Å²) in [6.45, 7) is 2.25. The summed E-state index contributed by atoms with van der Waals surface area (Å²) >= 11 is 0. The van der Waals surface area contributed by atoms with Crippen molar-refractivity contribution >= 4 is 11.5 Å². The highest BCUT2D eigenvalue weighted by atomic mass is 16.5. The minimum Gasteiger partial charge on any atom is -0.370 e. The summed E-state index contributed by atoms with van der Waals surface area (Å²) < 4.78 is 7.32. The van der Waals surface area contributed by atoms with E-state index < -0.39 is 0 Å². The molecule has 1 atom stereocenters. The number of nitrogens with zero attached hydrogens (tertiary/aromatic N) is 6. The smallest absolute Gasteiger partial charge is 0.200 e. The first-order chi connectivity index (χ1) is 10.4. The van der Waals surface area contributed by atoms with Crippen LogP contribution in [0.1, 0.15) is 11.7 Å². The third-order valence-electron chi connectivity index (χ3n) is 3.62. The van der Waals surface area contributed by atoms with Gasteiger partial charge in [0.25, 0.3) is 0 Å². The molecule has 0 radical (unpaired) electrons. The summed E-state index contributed by atoms with van der Waals surface area (Å²) in [7, 11) is 0. The lowest BCUT2D eigenvalue weighted by molar-refractivity contribution is 0.0394. The molecule has 7 nitrogen and oxygen atoms in total. The largest absolute Gasteiger partial charge is 0.370 e. The van der Waals surface area contributed by atoms with Crippen LogP contribution in [0, 0.1) is 0 Å². The second-order valence-corrected chi connectivity index (χ2v) is 4.93. The Balaban J connectivity index is 1.60. The zero-order valence-corrected chi connectivity index (χ0v) is 11.3. The molecule has 106 valence electrons. The molecule has 0 amide bonds. The lowest BCUT2D eigenvalue weighted by atomic mass is 10.1. The van der Waals surface area contributed by atoms with Crippen LogP contribution >= 0.6 is 0 Å². The van der Waals surface area contributed by atoms with Crippen LogP contribution in [0.3, 0.4) is 0 Å². The summed E-state index contributed by atoms with van der Waals surface area (Å²) in [6.07, 6.45) is 0.0614. The van der Waals surface area contributed by atoms with Gasteiger partial charge in [-0.1, -0.05) is 30.3 Å². The SMILES string of the molecule is c1ccc([C@@H]2CN(c3ccc4nnnn4n3)CCO2)cc1. The molecule has 1 fully saturated rings. The number of fused-ring (bicyclic) bond motifs is 1. The van der Waals surface area contributed by atoms with Crippen LogP contribution in [0.2, 0.25) is 0 Å². The van der Waals surface area contributed by atoms with Gasteiger partial charge in [0, 0.05) is 13.1 Å². The van der Waals surface area contributed by atoms with Crippen molar-refractivity contribution in [1.29, 1.82) is 0 Å². The normalized spacial score (nSPS) is 19.0. The molecule has 1 saturated heterocycles. The fourth-order valence-electron chi connectivity index (χ4n) is 2.54. The number of rotatable bonds is 2. The van der Waals surface area contributed by atoms with E-state index in [9.17, 15) is 0 Å². The van der Waals surface area contributed by atoms with Crippen LogP contribution in [-0.2, 0) is 4.74 Å². The van der Waals surface area contributed by atoms with Crippen LogP contribution < -0.4 is 4.90 Å². The van der Waals surface area contributed by atoms with Crippen LogP contribution in [0.25, 0.3) is 5.65 Å². The van der Waals surface area contributed by atoms with Gasteiger partial charge in [0.2, 0.25) is 0 Å². The van der Waals surface area contributed by atoms with Crippen molar-refractivity contribution in [2.75, 3.05) is 24.6 Å². The van der Waals surface area contributed by atoms with Gasteiger partial charge in [-0.2, -0.15) is 0 Å². The average molecular weight is 282 g/mol. The Morgan fingerprint density at radius 2 is 2.00 bits per heavy atom. The second-order valence-electron chi connectivity index (χ2n) is 4.93. The maximum absolute atomic E-state index is 5.87. The lowest BCUT2D eigenvalue weighted by Gasteiger charge is -2.33. The first-order valence-corrected chi connectivity index (χ1v) is 6.87. The van der Waals surface area contributed by atoms with Crippen LogP contribution in [0.5, 0.6) is 0 Å². The molecule has 0 saturated carbocycles. The maximum Gasteiger partial charge on any atom is 0.200 e. The molecule has 0 spiro atoms. The van der Waals surface area contributed by atoms with Crippen molar-refractivity contribution in [3.05, 3.63) is 48.0 Å². The summed E-state index contributed by atoms with van der Waals surface area (Å²) in [5, 5.41) is 15.7. The number of benzene rings is 1. The van der Waals surface area contributed by atoms with Gasteiger partial charge in [-0.15, -0.1) is 14.8 Å². The molecule has 3 aromatic rings. The van der Waals surface area contributed by atoms with E-state index in [0.29, 0.717) is 12.3 Å². The molecule has 0 aliphatic carbocycles. The molecular formula is C14H14N6O. The predicted molar refractivity (Wildman–Crippen MR) is 75.9 cm³/mol. The average Bonchev–Trinajstić information content (AvgIpc) is 3.03. The Morgan fingerprint density at radius 3 is 2.90 bits per heavy atom. The number of ether oxygens (including phenoxy) is 1.